The molecule has 0 bridgehead atoms. The summed E-state index contributed by atoms with van der Waals surface area (Å²) in [6.45, 7) is 4.19. The third-order valence-corrected chi connectivity index (χ3v) is 0.997. The molecular formula is C8H14O. The number of unbranched alkanes of at least 4 members (excludes halogenated alkanes) is 1. The average Bonchev–Trinajstić information content (AvgIpc) is 1.89. The van der Waals surface area contributed by atoms with Crippen molar-refractivity contribution in [1.82, 2.24) is 0 Å². The highest BCUT2D eigenvalue weighted by molar-refractivity contribution is 5.01. The standard InChI is InChI=1S/C8H14O/c1-3-4-5-6-8(2)7-9/h8-9H,3-4,7H2,1-2H3. The Morgan fingerprint density at radius 3 is 2.67 bits per heavy atom. The van der Waals surface area contributed by atoms with E-state index in [9.17, 15) is 0 Å². The average molecular weight is 126 g/mol. The van der Waals surface area contributed by atoms with E-state index in [-0.39, 0.29) is 12.5 Å². The predicted octanol–water partition coefficient (Wildman–Crippen LogP) is 1.42. The number of aliphatic hydroxyl groups is 1. The molecule has 0 aliphatic carbocycles. The van der Waals surface area contributed by atoms with Crippen LogP contribution in [0.5, 0.6) is 0 Å². The Hall–Kier alpha value is -0.480. The lowest BCUT2D eigenvalue weighted by Gasteiger charge is -1.92. The van der Waals surface area contributed by atoms with Crippen LogP contribution in [-0.4, -0.2) is 11.7 Å². The van der Waals surface area contributed by atoms with E-state index in [4.69, 9.17) is 5.11 Å². The van der Waals surface area contributed by atoms with Crippen molar-refractivity contribution in [2.24, 2.45) is 5.92 Å². The summed E-state index contributed by atoms with van der Waals surface area (Å²) in [6, 6.07) is 0. The van der Waals surface area contributed by atoms with Gasteiger partial charge in [0, 0.05) is 12.3 Å². The molecule has 0 aromatic heterocycles. The van der Waals surface area contributed by atoms with Gasteiger partial charge in [-0.1, -0.05) is 12.8 Å². The summed E-state index contributed by atoms with van der Waals surface area (Å²) in [7, 11) is 0. The Kier molecular flexibility index (Phi) is 5.35. The van der Waals surface area contributed by atoms with Crippen LogP contribution < -0.4 is 0 Å². The van der Waals surface area contributed by atoms with Gasteiger partial charge in [0.1, 0.15) is 0 Å². The van der Waals surface area contributed by atoms with Gasteiger partial charge in [0.2, 0.25) is 0 Å². The zero-order valence-corrected chi connectivity index (χ0v) is 6.15. The van der Waals surface area contributed by atoms with E-state index in [0.29, 0.717) is 0 Å². The molecule has 0 aliphatic heterocycles. The fourth-order valence-electron chi connectivity index (χ4n) is 0.417. The molecule has 0 fully saturated rings. The second kappa shape index (κ2) is 5.65. The normalized spacial score (nSPS) is 11.9. The first-order valence-electron chi connectivity index (χ1n) is 3.40. The molecule has 9 heavy (non-hydrogen) atoms. The molecule has 0 spiro atoms. The Morgan fingerprint density at radius 1 is 1.56 bits per heavy atom. The third-order valence-electron chi connectivity index (χ3n) is 0.997. The van der Waals surface area contributed by atoms with Crippen LogP contribution in [0.2, 0.25) is 0 Å². The Labute approximate surface area is 57.1 Å². The summed E-state index contributed by atoms with van der Waals surface area (Å²) >= 11 is 0. The van der Waals surface area contributed by atoms with Gasteiger partial charge < -0.3 is 5.11 Å². The van der Waals surface area contributed by atoms with E-state index in [1.54, 1.807) is 0 Å². The van der Waals surface area contributed by atoms with E-state index in [1.807, 2.05) is 6.92 Å². The molecule has 1 atom stereocenters. The summed E-state index contributed by atoms with van der Waals surface area (Å²) in [5, 5.41) is 8.53. The predicted molar refractivity (Wildman–Crippen MR) is 38.9 cm³/mol. The van der Waals surface area contributed by atoms with Gasteiger partial charge in [0.05, 0.1) is 6.61 Å². The molecule has 0 rings (SSSR count). The van der Waals surface area contributed by atoms with Crippen molar-refractivity contribution < 1.29 is 5.11 Å². The smallest absolute Gasteiger partial charge is 0.0566 e. The molecule has 1 heteroatoms. The summed E-state index contributed by atoms with van der Waals surface area (Å²) in [5.41, 5.74) is 0. The molecular weight excluding hydrogens is 112 g/mol. The first-order chi connectivity index (χ1) is 4.31. The van der Waals surface area contributed by atoms with Crippen LogP contribution in [-0.2, 0) is 0 Å². The first kappa shape index (κ1) is 8.52. The molecule has 0 aliphatic rings. The molecule has 1 nitrogen and oxygen atoms in total. The van der Waals surface area contributed by atoms with Gasteiger partial charge in [-0.15, -0.1) is 5.92 Å². The van der Waals surface area contributed by atoms with E-state index in [2.05, 4.69) is 18.8 Å². The number of aliphatic hydroxyl groups excluding tert-OH is 1. The molecule has 0 aromatic carbocycles. The largest absolute Gasteiger partial charge is 0.395 e. The van der Waals surface area contributed by atoms with Crippen molar-refractivity contribution in [1.29, 1.82) is 0 Å². The quantitative estimate of drug-likeness (QED) is 0.555. The number of hydrogen-bond donors (Lipinski definition) is 1. The van der Waals surface area contributed by atoms with Crippen LogP contribution in [0.4, 0.5) is 0 Å². The maximum atomic E-state index is 8.53. The van der Waals surface area contributed by atoms with Crippen molar-refractivity contribution in [2.75, 3.05) is 6.61 Å². The summed E-state index contributed by atoms with van der Waals surface area (Å²) in [6.07, 6.45) is 2.05. The van der Waals surface area contributed by atoms with Crippen LogP contribution in [0.1, 0.15) is 26.7 Å². The van der Waals surface area contributed by atoms with Gasteiger partial charge in [-0.25, -0.2) is 0 Å². The lowest BCUT2D eigenvalue weighted by Crippen LogP contribution is -1.95. The molecule has 0 saturated heterocycles. The monoisotopic (exact) mass is 126 g/mol. The lowest BCUT2D eigenvalue weighted by molar-refractivity contribution is 0.266. The first-order valence-corrected chi connectivity index (χ1v) is 3.40. The second-order valence-corrected chi connectivity index (χ2v) is 2.15. The Balaban J connectivity index is 3.33. The van der Waals surface area contributed by atoms with Crippen LogP contribution in [0.25, 0.3) is 0 Å². The Morgan fingerprint density at radius 2 is 2.22 bits per heavy atom. The van der Waals surface area contributed by atoms with Gasteiger partial charge in [-0.2, -0.15) is 0 Å². The summed E-state index contributed by atoms with van der Waals surface area (Å²) in [4.78, 5) is 0. The molecule has 0 radical (unpaired) electrons. The minimum absolute atomic E-state index is 0.150. The third kappa shape index (κ3) is 5.39. The maximum Gasteiger partial charge on any atom is 0.0566 e. The van der Waals surface area contributed by atoms with Crippen LogP contribution >= 0.6 is 0 Å². The van der Waals surface area contributed by atoms with Gasteiger partial charge in [-0.3, -0.25) is 0 Å². The van der Waals surface area contributed by atoms with E-state index in [1.165, 1.54) is 0 Å². The highest BCUT2D eigenvalue weighted by atomic mass is 16.3. The number of hydrogen-bond acceptors (Lipinski definition) is 1. The fraction of sp³-hybridized carbons (Fsp3) is 0.750. The molecule has 52 valence electrons. The van der Waals surface area contributed by atoms with E-state index >= 15 is 0 Å². The molecule has 1 unspecified atom stereocenters. The SMILES string of the molecule is CCCC#CC(C)CO. The van der Waals surface area contributed by atoms with Gasteiger partial charge >= 0.3 is 0 Å². The van der Waals surface area contributed by atoms with E-state index < -0.39 is 0 Å². The number of rotatable bonds is 2. The zero-order chi connectivity index (χ0) is 7.11. The van der Waals surface area contributed by atoms with Crippen molar-refractivity contribution in [2.45, 2.75) is 26.7 Å². The van der Waals surface area contributed by atoms with Crippen LogP contribution in [0.3, 0.4) is 0 Å². The highest BCUT2D eigenvalue weighted by Crippen LogP contribution is 1.89. The molecule has 0 aromatic rings. The van der Waals surface area contributed by atoms with E-state index in [0.717, 1.165) is 12.8 Å². The van der Waals surface area contributed by atoms with Gasteiger partial charge in [0.25, 0.3) is 0 Å². The second-order valence-electron chi connectivity index (χ2n) is 2.15. The van der Waals surface area contributed by atoms with Gasteiger partial charge in [-0.05, 0) is 13.3 Å². The maximum absolute atomic E-state index is 8.53. The molecule has 0 saturated carbocycles. The van der Waals surface area contributed by atoms with Gasteiger partial charge in [0.15, 0.2) is 0 Å². The van der Waals surface area contributed by atoms with Crippen LogP contribution in [0, 0.1) is 17.8 Å². The molecule has 1 N–H and O–H groups in total. The summed E-state index contributed by atoms with van der Waals surface area (Å²) < 4.78 is 0. The molecule has 0 heterocycles. The van der Waals surface area contributed by atoms with Crippen LogP contribution in [0.15, 0.2) is 0 Å². The molecule has 0 amide bonds. The topological polar surface area (TPSA) is 20.2 Å². The Bertz CT molecular complexity index is 107. The summed E-state index contributed by atoms with van der Waals surface area (Å²) in [5.74, 6) is 6.06. The van der Waals surface area contributed by atoms with Crippen molar-refractivity contribution in [3.8, 4) is 11.8 Å². The van der Waals surface area contributed by atoms with Crippen molar-refractivity contribution in [3.63, 3.8) is 0 Å². The minimum Gasteiger partial charge on any atom is -0.395 e. The fourth-order valence-corrected chi connectivity index (χ4v) is 0.417. The zero-order valence-electron chi connectivity index (χ0n) is 6.15. The van der Waals surface area contributed by atoms with Crippen molar-refractivity contribution in [3.05, 3.63) is 0 Å². The lowest BCUT2D eigenvalue weighted by atomic mass is 10.2. The van der Waals surface area contributed by atoms with Crippen molar-refractivity contribution >= 4 is 0 Å². The minimum atomic E-state index is 0.150. The highest BCUT2D eigenvalue weighted by Gasteiger charge is 1.88.